The van der Waals surface area contributed by atoms with Crippen molar-refractivity contribution in [2.24, 2.45) is 0 Å². The molecule has 3 heterocycles. The molecule has 0 amide bonds. The first-order chi connectivity index (χ1) is 17.3. The predicted octanol–water partition coefficient (Wildman–Crippen LogP) is 4.60. The van der Waals surface area contributed by atoms with Crippen molar-refractivity contribution in [3.05, 3.63) is 76.9 Å². The lowest BCUT2D eigenvalue weighted by atomic mass is 9.92. The molecule has 0 spiro atoms. The highest BCUT2D eigenvalue weighted by Gasteiger charge is 2.35. The van der Waals surface area contributed by atoms with Gasteiger partial charge in [0, 0.05) is 30.3 Å². The highest BCUT2D eigenvalue weighted by atomic mass is 19.4. The zero-order chi connectivity index (χ0) is 25.5. The van der Waals surface area contributed by atoms with Crippen LogP contribution in [0.1, 0.15) is 46.8 Å². The number of aromatic nitrogens is 3. The minimum Gasteiger partial charge on any atom is -0.469 e. The second kappa shape index (κ2) is 11.5. The van der Waals surface area contributed by atoms with Gasteiger partial charge < -0.3 is 15.4 Å². The molecule has 10 heteroatoms. The van der Waals surface area contributed by atoms with E-state index in [1.807, 2.05) is 24.3 Å². The molecule has 1 unspecified atom stereocenters. The van der Waals surface area contributed by atoms with Gasteiger partial charge in [-0.05, 0) is 67.5 Å². The van der Waals surface area contributed by atoms with Crippen LogP contribution in [0.4, 0.5) is 24.8 Å². The number of nitrogens with one attached hydrogen (secondary N) is 2. The van der Waals surface area contributed by atoms with Gasteiger partial charge in [-0.1, -0.05) is 18.2 Å². The highest BCUT2D eigenvalue weighted by Crippen LogP contribution is 2.32. The number of pyridine rings is 1. The van der Waals surface area contributed by atoms with Crippen molar-refractivity contribution in [1.82, 2.24) is 20.3 Å². The van der Waals surface area contributed by atoms with Crippen molar-refractivity contribution in [1.29, 1.82) is 0 Å². The standard InChI is InChI=1S/C26H28F3N5O2/c1-36-24(35)14-18-4-3-13-31-22(18)10-11-23-21(26(27,28)29)16-32-25(34-23)33-20-8-6-17(7-9-20)19-5-2-12-30-15-19/h3-4,6-9,13,16,19,30H,2,5,10-12,14-15H2,1H3,(H,32,33,34). The van der Waals surface area contributed by atoms with Crippen molar-refractivity contribution >= 4 is 17.6 Å². The van der Waals surface area contributed by atoms with Crippen LogP contribution < -0.4 is 10.6 Å². The third-order valence-electron chi connectivity index (χ3n) is 6.25. The van der Waals surface area contributed by atoms with Gasteiger partial charge in [0.15, 0.2) is 0 Å². The fourth-order valence-corrected chi connectivity index (χ4v) is 4.33. The van der Waals surface area contributed by atoms with Gasteiger partial charge in [-0.25, -0.2) is 9.97 Å². The zero-order valence-electron chi connectivity index (χ0n) is 19.9. The van der Waals surface area contributed by atoms with E-state index >= 15 is 0 Å². The maximum atomic E-state index is 13.7. The van der Waals surface area contributed by atoms with Crippen LogP contribution in [0, 0.1) is 0 Å². The van der Waals surface area contributed by atoms with Gasteiger partial charge in [0.1, 0.15) is 0 Å². The summed E-state index contributed by atoms with van der Waals surface area (Å²) in [6.45, 7) is 1.98. The first-order valence-electron chi connectivity index (χ1n) is 11.8. The van der Waals surface area contributed by atoms with Gasteiger partial charge in [-0.15, -0.1) is 0 Å². The summed E-state index contributed by atoms with van der Waals surface area (Å²) < 4.78 is 45.7. The number of halogens is 3. The Morgan fingerprint density at radius 3 is 2.61 bits per heavy atom. The summed E-state index contributed by atoms with van der Waals surface area (Å²) in [6, 6.07) is 11.2. The van der Waals surface area contributed by atoms with Crippen LogP contribution in [0.25, 0.3) is 0 Å². The van der Waals surface area contributed by atoms with Gasteiger partial charge in [0.25, 0.3) is 0 Å². The molecule has 3 aromatic rings. The van der Waals surface area contributed by atoms with Crippen molar-refractivity contribution in [2.75, 3.05) is 25.5 Å². The number of aryl methyl sites for hydroxylation is 2. The average Bonchev–Trinajstić information content (AvgIpc) is 2.88. The predicted molar refractivity (Wildman–Crippen MR) is 129 cm³/mol. The lowest BCUT2D eigenvalue weighted by Gasteiger charge is -2.23. The maximum absolute atomic E-state index is 13.7. The summed E-state index contributed by atoms with van der Waals surface area (Å²) in [5.74, 6) is 0.0952. The Morgan fingerprint density at radius 1 is 1.14 bits per heavy atom. The SMILES string of the molecule is COC(=O)Cc1cccnc1CCc1nc(Nc2ccc(C3CCCNC3)cc2)ncc1C(F)(F)F. The molecular formula is C26H28F3N5O2. The second-order valence-electron chi connectivity index (χ2n) is 8.70. The molecule has 0 bridgehead atoms. The Hall–Kier alpha value is -3.53. The molecule has 2 N–H and O–H groups in total. The summed E-state index contributed by atoms with van der Waals surface area (Å²) in [5, 5.41) is 6.41. The van der Waals surface area contributed by atoms with Crippen LogP contribution in [-0.2, 0) is 35.0 Å². The van der Waals surface area contributed by atoms with E-state index in [9.17, 15) is 18.0 Å². The van der Waals surface area contributed by atoms with Crippen LogP contribution in [0.3, 0.4) is 0 Å². The molecule has 1 atom stereocenters. The summed E-state index contributed by atoms with van der Waals surface area (Å²) in [5.41, 5.74) is 2.02. The van der Waals surface area contributed by atoms with Gasteiger partial charge in [-0.2, -0.15) is 13.2 Å². The number of carbonyl (C=O) groups excluding carboxylic acids is 1. The number of rotatable bonds is 8. The van der Waals surface area contributed by atoms with Gasteiger partial charge in [-0.3, -0.25) is 9.78 Å². The van der Waals surface area contributed by atoms with E-state index in [1.165, 1.54) is 12.7 Å². The number of alkyl halides is 3. The van der Waals surface area contributed by atoms with Crippen molar-refractivity contribution < 1.29 is 22.7 Å². The van der Waals surface area contributed by atoms with E-state index in [0.717, 1.165) is 32.1 Å². The van der Waals surface area contributed by atoms with Crippen LogP contribution >= 0.6 is 0 Å². The monoisotopic (exact) mass is 499 g/mol. The number of anilines is 2. The molecule has 0 radical (unpaired) electrons. The molecule has 2 aromatic heterocycles. The van der Waals surface area contributed by atoms with E-state index in [0.29, 0.717) is 22.9 Å². The first kappa shape index (κ1) is 25.6. The molecule has 0 aliphatic carbocycles. The lowest BCUT2D eigenvalue weighted by molar-refractivity contribution is -0.140. The first-order valence-corrected chi connectivity index (χ1v) is 11.8. The maximum Gasteiger partial charge on any atom is 0.419 e. The molecule has 4 rings (SSSR count). The van der Waals surface area contributed by atoms with E-state index in [1.54, 1.807) is 18.3 Å². The largest absolute Gasteiger partial charge is 0.469 e. The van der Waals surface area contributed by atoms with E-state index in [2.05, 4.69) is 25.6 Å². The topological polar surface area (TPSA) is 89.0 Å². The van der Waals surface area contributed by atoms with Crippen LogP contribution in [0.2, 0.25) is 0 Å². The molecule has 1 aliphatic heterocycles. The van der Waals surface area contributed by atoms with Crippen molar-refractivity contribution in [3.63, 3.8) is 0 Å². The van der Waals surface area contributed by atoms with Crippen LogP contribution in [-0.4, -0.2) is 41.1 Å². The molecule has 190 valence electrons. The lowest BCUT2D eigenvalue weighted by Crippen LogP contribution is -2.28. The van der Waals surface area contributed by atoms with Gasteiger partial charge in [0.2, 0.25) is 5.95 Å². The van der Waals surface area contributed by atoms with E-state index < -0.39 is 17.7 Å². The fourth-order valence-electron chi connectivity index (χ4n) is 4.33. The van der Waals surface area contributed by atoms with Gasteiger partial charge >= 0.3 is 12.1 Å². The average molecular weight is 500 g/mol. The summed E-state index contributed by atoms with van der Waals surface area (Å²) >= 11 is 0. The van der Waals surface area contributed by atoms with Crippen molar-refractivity contribution in [2.45, 2.75) is 44.2 Å². The third-order valence-corrected chi connectivity index (χ3v) is 6.25. The van der Waals surface area contributed by atoms with Crippen molar-refractivity contribution in [3.8, 4) is 0 Å². The van der Waals surface area contributed by atoms with E-state index in [4.69, 9.17) is 4.74 Å². The third kappa shape index (κ3) is 6.57. The summed E-state index contributed by atoms with van der Waals surface area (Å²) in [4.78, 5) is 24.1. The number of carbonyl (C=O) groups is 1. The summed E-state index contributed by atoms with van der Waals surface area (Å²) in [7, 11) is 1.28. The number of ether oxygens (including phenoxy) is 1. The Labute approximate surface area is 207 Å². The second-order valence-corrected chi connectivity index (χ2v) is 8.70. The normalized spacial score (nSPS) is 15.9. The minimum atomic E-state index is -4.59. The Morgan fingerprint density at radius 2 is 1.92 bits per heavy atom. The molecule has 1 saturated heterocycles. The Balaban J connectivity index is 1.51. The summed E-state index contributed by atoms with van der Waals surface area (Å²) in [6.07, 6.45) is 0.166. The quantitative estimate of drug-likeness (QED) is 0.438. The molecule has 7 nitrogen and oxygen atoms in total. The van der Waals surface area contributed by atoms with Crippen LogP contribution in [0.15, 0.2) is 48.8 Å². The smallest absolute Gasteiger partial charge is 0.419 e. The Kier molecular flexibility index (Phi) is 8.14. The fraction of sp³-hybridized carbons (Fsp3) is 0.385. The molecular weight excluding hydrogens is 471 g/mol. The number of piperidine rings is 1. The minimum absolute atomic E-state index is 0.00467. The number of esters is 1. The molecule has 1 fully saturated rings. The number of hydrogen-bond donors (Lipinski definition) is 2. The number of nitrogens with zero attached hydrogens (tertiary/aromatic N) is 3. The number of methoxy groups -OCH3 is 1. The molecule has 1 aliphatic rings. The Bertz CT molecular complexity index is 1180. The molecule has 1 aromatic carbocycles. The van der Waals surface area contributed by atoms with E-state index in [-0.39, 0.29) is 30.9 Å². The number of hydrogen-bond acceptors (Lipinski definition) is 7. The van der Waals surface area contributed by atoms with Crippen LogP contribution in [0.5, 0.6) is 0 Å². The highest BCUT2D eigenvalue weighted by molar-refractivity contribution is 5.72. The molecule has 0 saturated carbocycles. The number of benzene rings is 1. The zero-order valence-corrected chi connectivity index (χ0v) is 19.9. The molecule has 36 heavy (non-hydrogen) atoms. The van der Waals surface area contributed by atoms with Gasteiger partial charge in [0.05, 0.1) is 24.8 Å².